The van der Waals surface area contributed by atoms with Gasteiger partial charge in [-0.15, -0.1) is 0 Å². The zero-order valence-electron chi connectivity index (χ0n) is 19.0. The quantitative estimate of drug-likeness (QED) is 0.277. The van der Waals surface area contributed by atoms with Gasteiger partial charge in [0.15, 0.2) is 0 Å². The predicted octanol–water partition coefficient (Wildman–Crippen LogP) is 6.41. The number of rotatable bonds is 5. The van der Waals surface area contributed by atoms with E-state index in [4.69, 9.17) is 4.52 Å². The molecule has 0 radical (unpaired) electrons. The van der Waals surface area contributed by atoms with E-state index in [9.17, 15) is 0 Å². The van der Waals surface area contributed by atoms with Crippen molar-refractivity contribution in [3.63, 3.8) is 0 Å². The summed E-state index contributed by atoms with van der Waals surface area (Å²) in [4.78, 5) is 0. The molecule has 1 saturated heterocycles. The van der Waals surface area contributed by atoms with Crippen molar-refractivity contribution >= 4 is 22.7 Å². The Balaban J connectivity index is 1.70. The Morgan fingerprint density at radius 3 is 0.971 bits per heavy atom. The first-order valence-electron chi connectivity index (χ1n) is 11.8. The zero-order chi connectivity index (χ0) is 22.9. The Bertz CT molecular complexity index is 1230. The van der Waals surface area contributed by atoms with Crippen molar-refractivity contribution < 1.29 is 4.52 Å². The Morgan fingerprint density at radius 2 is 0.676 bits per heavy atom. The van der Waals surface area contributed by atoms with Gasteiger partial charge in [0.2, 0.25) is 0 Å². The van der Waals surface area contributed by atoms with Crippen LogP contribution in [-0.4, -0.2) is 6.16 Å². The van der Waals surface area contributed by atoms with Gasteiger partial charge in [0.25, 0.3) is 0 Å². The molecule has 1 nitrogen and oxygen atoms in total. The standard InChI is InChI=1S/C32H27OP/c1-6-16-27(17-7-1)32(28-18-8-2-9-19-28)26-34(33-32,29-20-10-3-11-21-29,30-22-12-4-13-23-30)31-24-14-5-15-25-31/h1-25H,26H2. The van der Waals surface area contributed by atoms with E-state index >= 15 is 0 Å². The topological polar surface area (TPSA) is 9.23 Å². The second-order valence-electron chi connectivity index (χ2n) is 9.03. The second-order valence-corrected chi connectivity index (χ2v) is 13.5. The summed E-state index contributed by atoms with van der Waals surface area (Å²) in [6, 6.07) is 54.1. The van der Waals surface area contributed by atoms with Gasteiger partial charge >= 0.3 is 202 Å². The van der Waals surface area contributed by atoms with Gasteiger partial charge in [-0.05, 0) is 0 Å². The van der Waals surface area contributed by atoms with Crippen LogP contribution < -0.4 is 15.9 Å². The summed E-state index contributed by atoms with van der Waals surface area (Å²) in [5.41, 5.74) is 1.87. The summed E-state index contributed by atoms with van der Waals surface area (Å²) in [6.45, 7) is -3.24. The summed E-state index contributed by atoms with van der Waals surface area (Å²) in [5, 5.41) is 3.81. The van der Waals surface area contributed by atoms with E-state index in [2.05, 4.69) is 152 Å². The SMILES string of the molecule is c1ccc(C2(c3ccccc3)CP(c3ccccc3)(c3ccccc3)(c3ccccc3)O2)cc1. The first kappa shape index (κ1) is 21.1. The summed E-state index contributed by atoms with van der Waals surface area (Å²) in [7, 11) is 0. The Morgan fingerprint density at radius 1 is 0.412 bits per heavy atom. The third-order valence-corrected chi connectivity index (χ3v) is 13.2. The average Bonchev–Trinajstić information content (AvgIpc) is 2.92. The van der Waals surface area contributed by atoms with Crippen molar-refractivity contribution in [1.82, 2.24) is 0 Å². The summed E-state index contributed by atoms with van der Waals surface area (Å²) in [5.74, 6) is 0. The molecule has 1 fully saturated rings. The monoisotopic (exact) mass is 458 g/mol. The number of hydrogen-bond acceptors (Lipinski definition) is 1. The van der Waals surface area contributed by atoms with E-state index in [0.29, 0.717) is 0 Å². The predicted molar refractivity (Wildman–Crippen MR) is 145 cm³/mol. The van der Waals surface area contributed by atoms with Crippen molar-refractivity contribution in [2.45, 2.75) is 5.60 Å². The van der Waals surface area contributed by atoms with Crippen molar-refractivity contribution in [2.75, 3.05) is 6.16 Å². The molecule has 0 unspecified atom stereocenters. The van der Waals surface area contributed by atoms with Gasteiger partial charge in [0, 0.05) is 0 Å². The first-order valence-corrected chi connectivity index (χ1v) is 14.1. The summed E-state index contributed by atoms with van der Waals surface area (Å²) >= 11 is 0. The van der Waals surface area contributed by atoms with Gasteiger partial charge in [0.1, 0.15) is 0 Å². The second kappa shape index (κ2) is 8.06. The molecule has 0 aromatic heterocycles. The van der Waals surface area contributed by atoms with Gasteiger partial charge < -0.3 is 0 Å². The van der Waals surface area contributed by atoms with E-state index in [1.54, 1.807) is 0 Å². The van der Waals surface area contributed by atoms with E-state index < -0.39 is 12.4 Å². The molecule has 0 amide bonds. The molecule has 166 valence electrons. The van der Waals surface area contributed by atoms with Crippen LogP contribution in [0.5, 0.6) is 0 Å². The molecule has 6 rings (SSSR count). The molecule has 2 heteroatoms. The maximum atomic E-state index is 7.76. The molecular weight excluding hydrogens is 431 g/mol. The van der Waals surface area contributed by atoms with Crippen molar-refractivity contribution in [3.05, 3.63) is 163 Å². The minimum atomic E-state index is -3.24. The van der Waals surface area contributed by atoms with Crippen LogP contribution in [0.3, 0.4) is 0 Å². The zero-order valence-corrected chi connectivity index (χ0v) is 19.9. The fourth-order valence-electron chi connectivity index (χ4n) is 5.74. The van der Waals surface area contributed by atoms with Crippen LogP contribution in [0, 0.1) is 0 Å². The van der Waals surface area contributed by atoms with Crippen LogP contribution in [0.25, 0.3) is 0 Å². The summed E-state index contributed by atoms with van der Waals surface area (Å²) in [6.07, 6.45) is 0.880. The fourth-order valence-corrected chi connectivity index (χ4v) is 12.0. The molecular formula is C32H27OP. The van der Waals surface area contributed by atoms with Gasteiger partial charge in [-0.2, -0.15) is 0 Å². The molecule has 5 aromatic carbocycles. The molecule has 0 atom stereocenters. The molecule has 0 aliphatic carbocycles. The fraction of sp³-hybridized carbons (Fsp3) is 0.0625. The number of benzene rings is 5. The molecule has 1 heterocycles. The molecule has 34 heavy (non-hydrogen) atoms. The molecule has 0 bridgehead atoms. The van der Waals surface area contributed by atoms with Gasteiger partial charge in [-0.1, -0.05) is 0 Å². The van der Waals surface area contributed by atoms with Crippen molar-refractivity contribution in [1.29, 1.82) is 0 Å². The molecule has 0 saturated carbocycles. The Kier molecular flexibility index (Phi) is 4.99. The van der Waals surface area contributed by atoms with E-state index in [1.807, 2.05) is 0 Å². The Hall–Kier alpha value is -3.51. The van der Waals surface area contributed by atoms with Crippen LogP contribution in [0.2, 0.25) is 0 Å². The average molecular weight is 459 g/mol. The minimum absolute atomic E-state index is 0.526. The normalized spacial score (nSPS) is 18.6. The first-order chi connectivity index (χ1) is 16.8. The molecule has 5 aromatic rings. The third kappa shape index (κ3) is 2.88. The molecule has 0 N–H and O–H groups in total. The molecule has 1 aliphatic rings. The molecule has 1 aliphatic heterocycles. The van der Waals surface area contributed by atoms with Crippen LogP contribution in [0.4, 0.5) is 0 Å². The molecule has 0 spiro atoms. The van der Waals surface area contributed by atoms with E-state index in [0.717, 1.165) is 6.16 Å². The van der Waals surface area contributed by atoms with Crippen LogP contribution in [0.1, 0.15) is 11.1 Å². The van der Waals surface area contributed by atoms with Crippen molar-refractivity contribution in [2.24, 2.45) is 0 Å². The van der Waals surface area contributed by atoms with Gasteiger partial charge in [-0.25, -0.2) is 0 Å². The van der Waals surface area contributed by atoms with Crippen LogP contribution in [-0.2, 0) is 10.1 Å². The Labute approximate surface area is 201 Å². The summed E-state index contributed by atoms with van der Waals surface area (Å²) < 4.78 is 7.76. The van der Waals surface area contributed by atoms with Crippen LogP contribution in [0.15, 0.2) is 152 Å². The van der Waals surface area contributed by atoms with Crippen molar-refractivity contribution in [3.8, 4) is 0 Å². The maximum absolute atomic E-state index is 7.76. The van der Waals surface area contributed by atoms with Gasteiger partial charge in [-0.3, -0.25) is 0 Å². The third-order valence-electron chi connectivity index (χ3n) is 7.27. The van der Waals surface area contributed by atoms with E-state index in [1.165, 1.54) is 27.0 Å². The van der Waals surface area contributed by atoms with Crippen LogP contribution >= 0.6 is 6.83 Å². The van der Waals surface area contributed by atoms with E-state index in [-0.39, 0.29) is 0 Å². The van der Waals surface area contributed by atoms with Gasteiger partial charge in [0.05, 0.1) is 0 Å². The number of hydrogen-bond donors (Lipinski definition) is 0.